The van der Waals surface area contributed by atoms with E-state index in [1.54, 1.807) is 0 Å². The summed E-state index contributed by atoms with van der Waals surface area (Å²) >= 11 is 0. The summed E-state index contributed by atoms with van der Waals surface area (Å²) in [4.78, 5) is 13.4. The lowest BCUT2D eigenvalue weighted by Gasteiger charge is -2.27. The van der Waals surface area contributed by atoms with Gasteiger partial charge in [-0.25, -0.2) is 10.1 Å². The molecule has 0 unspecified atom stereocenters. The summed E-state index contributed by atoms with van der Waals surface area (Å²) < 4.78 is 0. The van der Waals surface area contributed by atoms with Crippen molar-refractivity contribution >= 4 is 6.03 Å². The van der Waals surface area contributed by atoms with Crippen LogP contribution in [0.25, 0.3) is 0 Å². The van der Waals surface area contributed by atoms with E-state index in [1.807, 2.05) is 4.90 Å². The summed E-state index contributed by atoms with van der Waals surface area (Å²) in [6.07, 6.45) is 10.6. The van der Waals surface area contributed by atoms with E-state index in [1.165, 1.54) is 44.9 Å². The number of nitrogens with zero attached hydrogens (tertiary/aromatic N) is 2. The van der Waals surface area contributed by atoms with Crippen molar-refractivity contribution in [3.8, 4) is 0 Å². The van der Waals surface area contributed by atoms with E-state index in [9.17, 15) is 4.79 Å². The standard InChI is InChI=1S/C13H23N2O/c16-13-14-9-5-10-15(13)11-8-12-6-3-1-2-4-7-12/h12H,1-11H2. The predicted molar refractivity (Wildman–Crippen MR) is 64.4 cm³/mol. The summed E-state index contributed by atoms with van der Waals surface area (Å²) in [5.74, 6) is 0.859. The first kappa shape index (κ1) is 11.7. The van der Waals surface area contributed by atoms with Gasteiger partial charge in [-0.2, -0.15) is 0 Å². The number of carbonyl (C=O) groups excluding carboxylic acids is 1. The number of carbonyl (C=O) groups is 1. The Morgan fingerprint density at radius 3 is 2.56 bits per heavy atom. The average molecular weight is 223 g/mol. The van der Waals surface area contributed by atoms with Crippen LogP contribution in [0.15, 0.2) is 0 Å². The Morgan fingerprint density at radius 2 is 1.88 bits per heavy atom. The number of hydrogen-bond donors (Lipinski definition) is 0. The van der Waals surface area contributed by atoms with Crippen molar-refractivity contribution in [2.45, 2.75) is 51.4 Å². The summed E-state index contributed by atoms with van der Waals surface area (Å²) in [6, 6.07) is 0.0277. The molecule has 2 rings (SSSR count). The summed E-state index contributed by atoms with van der Waals surface area (Å²) in [6.45, 7) is 2.60. The first-order valence-corrected chi connectivity index (χ1v) is 6.82. The zero-order valence-corrected chi connectivity index (χ0v) is 10.2. The van der Waals surface area contributed by atoms with Gasteiger partial charge in [0.25, 0.3) is 0 Å². The van der Waals surface area contributed by atoms with Crippen molar-refractivity contribution in [1.82, 2.24) is 10.2 Å². The lowest BCUT2D eigenvalue weighted by molar-refractivity contribution is 0.179. The van der Waals surface area contributed by atoms with Crippen LogP contribution in [0.5, 0.6) is 0 Å². The van der Waals surface area contributed by atoms with E-state index in [0.717, 1.165) is 32.0 Å². The first-order chi connectivity index (χ1) is 7.86. The van der Waals surface area contributed by atoms with Gasteiger partial charge in [0, 0.05) is 19.6 Å². The third-order valence-corrected chi connectivity index (χ3v) is 3.89. The van der Waals surface area contributed by atoms with E-state index in [0.29, 0.717) is 0 Å². The predicted octanol–water partition coefficient (Wildman–Crippen LogP) is 2.78. The molecular weight excluding hydrogens is 200 g/mol. The average Bonchev–Trinajstić information content (AvgIpc) is 2.56. The number of rotatable bonds is 3. The summed E-state index contributed by atoms with van der Waals surface area (Å²) in [7, 11) is 0. The van der Waals surface area contributed by atoms with Crippen molar-refractivity contribution < 1.29 is 4.79 Å². The lowest BCUT2D eigenvalue weighted by atomic mass is 9.96. The monoisotopic (exact) mass is 223 g/mol. The molecule has 1 saturated heterocycles. The molecule has 0 aromatic carbocycles. The highest BCUT2D eigenvalue weighted by Crippen LogP contribution is 2.25. The topological polar surface area (TPSA) is 34.4 Å². The molecule has 0 spiro atoms. The largest absolute Gasteiger partial charge is 0.338 e. The zero-order valence-electron chi connectivity index (χ0n) is 10.2. The summed E-state index contributed by atoms with van der Waals surface area (Å²) in [5.41, 5.74) is 0. The van der Waals surface area contributed by atoms with E-state index < -0.39 is 0 Å². The van der Waals surface area contributed by atoms with Crippen molar-refractivity contribution in [2.24, 2.45) is 5.92 Å². The molecule has 2 fully saturated rings. The normalized spacial score (nSPS) is 24.0. The highest BCUT2D eigenvalue weighted by Gasteiger charge is 2.20. The highest BCUT2D eigenvalue weighted by atomic mass is 16.2. The smallest absolute Gasteiger partial charge is 0.323 e. The van der Waals surface area contributed by atoms with E-state index >= 15 is 0 Å². The first-order valence-electron chi connectivity index (χ1n) is 6.82. The molecule has 1 aliphatic heterocycles. The summed E-state index contributed by atoms with van der Waals surface area (Å²) in [5, 5.41) is 3.98. The highest BCUT2D eigenvalue weighted by molar-refractivity contribution is 5.74. The molecular formula is C13H23N2O. The molecule has 91 valence electrons. The maximum atomic E-state index is 11.5. The fraction of sp³-hybridized carbons (Fsp3) is 0.923. The molecule has 0 bridgehead atoms. The van der Waals surface area contributed by atoms with E-state index in [2.05, 4.69) is 5.32 Å². The SMILES string of the molecule is O=C1[N]CCCN1CCC1CCCCCC1. The Morgan fingerprint density at radius 1 is 1.12 bits per heavy atom. The van der Waals surface area contributed by atoms with Crippen LogP contribution < -0.4 is 5.32 Å². The molecule has 2 aliphatic rings. The lowest BCUT2D eigenvalue weighted by Crippen LogP contribution is -2.43. The minimum atomic E-state index is 0.0277. The maximum Gasteiger partial charge on any atom is 0.338 e. The Bertz CT molecular complexity index is 222. The van der Waals surface area contributed by atoms with Crippen molar-refractivity contribution in [1.29, 1.82) is 0 Å². The molecule has 1 heterocycles. The molecule has 2 amide bonds. The molecule has 0 aromatic rings. The molecule has 3 heteroatoms. The van der Waals surface area contributed by atoms with Crippen LogP contribution in [-0.2, 0) is 0 Å². The minimum absolute atomic E-state index is 0.0277. The Kier molecular flexibility index (Phi) is 4.49. The van der Waals surface area contributed by atoms with Crippen molar-refractivity contribution in [2.75, 3.05) is 19.6 Å². The Hall–Kier alpha value is -0.730. The zero-order chi connectivity index (χ0) is 11.2. The van der Waals surface area contributed by atoms with E-state index in [4.69, 9.17) is 0 Å². The van der Waals surface area contributed by atoms with Crippen LogP contribution in [0.3, 0.4) is 0 Å². The van der Waals surface area contributed by atoms with Gasteiger partial charge >= 0.3 is 6.03 Å². The number of amides is 2. The Balaban J connectivity index is 1.70. The molecule has 3 nitrogen and oxygen atoms in total. The van der Waals surface area contributed by atoms with Gasteiger partial charge in [0.05, 0.1) is 0 Å². The second-order valence-corrected chi connectivity index (χ2v) is 5.15. The molecule has 1 radical (unpaired) electrons. The molecule has 0 aromatic heterocycles. The fourth-order valence-electron chi connectivity index (χ4n) is 2.83. The van der Waals surface area contributed by atoms with E-state index in [-0.39, 0.29) is 6.03 Å². The molecule has 1 saturated carbocycles. The molecule has 16 heavy (non-hydrogen) atoms. The van der Waals surface area contributed by atoms with Crippen LogP contribution >= 0.6 is 0 Å². The van der Waals surface area contributed by atoms with Crippen LogP contribution in [0.4, 0.5) is 4.79 Å². The van der Waals surface area contributed by atoms with Crippen molar-refractivity contribution in [3.05, 3.63) is 0 Å². The van der Waals surface area contributed by atoms with Crippen LogP contribution in [0.1, 0.15) is 51.4 Å². The van der Waals surface area contributed by atoms with Gasteiger partial charge in [0.1, 0.15) is 0 Å². The van der Waals surface area contributed by atoms with Gasteiger partial charge in [-0.1, -0.05) is 38.5 Å². The van der Waals surface area contributed by atoms with Gasteiger partial charge in [-0.15, -0.1) is 0 Å². The molecule has 0 N–H and O–H groups in total. The van der Waals surface area contributed by atoms with Gasteiger partial charge in [-0.05, 0) is 18.8 Å². The Labute approximate surface area is 98.6 Å². The van der Waals surface area contributed by atoms with Gasteiger partial charge < -0.3 is 4.90 Å². The van der Waals surface area contributed by atoms with Gasteiger partial charge in [-0.3, -0.25) is 0 Å². The minimum Gasteiger partial charge on any atom is -0.323 e. The van der Waals surface area contributed by atoms with Crippen LogP contribution in [-0.4, -0.2) is 30.6 Å². The quantitative estimate of drug-likeness (QED) is 0.677. The fourth-order valence-corrected chi connectivity index (χ4v) is 2.83. The second-order valence-electron chi connectivity index (χ2n) is 5.15. The van der Waals surface area contributed by atoms with Gasteiger partial charge in [0.15, 0.2) is 0 Å². The molecule has 0 atom stereocenters. The third kappa shape index (κ3) is 3.39. The van der Waals surface area contributed by atoms with Crippen LogP contribution in [0, 0.1) is 5.92 Å². The molecule has 1 aliphatic carbocycles. The van der Waals surface area contributed by atoms with Gasteiger partial charge in [0.2, 0.25) is 0 Å². The van der Waals surface area contributed by atoms with Crippen molar-refractivity contribution in [3.63, 3.8) is 0 Å². The number of hydrogen-bond acceptors (Lipinski definition) is 1. The maximum absolute atomic E-state index is 11.5. The third-order valence-electron chi connectivity index (χ3n) is 3.89. The van der Waals surface area contributed by atoms with Crippen LogP contribution in [0.2, 0.25) is 0 Å². The number of urea groups is 1. The second kappa shape index (κ2) is 6.12.